The number of benzene rings is 1. The highest BCUT2D eigenvalue weighted by atomic mass is 35.5. The first kappa shape index (κ1) is 17.2. The number of likely N-dealkylation sites (tertiary alicyclic amines) is 1. The SMILES string of the molecule is Cc1c(Cl)cccc1NC(=O)CC(=O)N1CCC2(CC1)OCCO2. The number of nitrogens with zero attached hydrogens (tertiary/aromatic N) is 1. The Morgan fingerprint density at radius 2 is 1.92 bits per heavy atom. The van der Waals surface area contributed by atoms with Crippen LogP contribution in [0.5, 0.6) is 0 Å². The summed E-state index contributed by atoms with van der Waals surface area (Å²) in [7, 11) is 0. The van der Waals surface area contributed by atoms with E-state index in [1.165, 1.54) is 0 Å². The lowest BCUT2D eigenvalue weighted by Crippen LogP contribution is -2.47. The summed E-state index contributed by atoms with van der Waals surface area (Å²) >= 11 is 6.03. The lowest BCUT2D eigenvalue weighted by molar-refractivity contribution is -0.187. The van der Waals surface area contributed by atoms with Gasteiger partial charge in [-0.2, -0.15) is 0 Å². The van der Waals surface area contributed by atoms with E-state index < -0.39 is 5.79 Å². The van der Waals surface area contributed by atoms with Crippen molar-refractivity contribution < 1.29 is 19.1 Å². The number of hydrogen-bond donors (Lipinski definition) is 1. The van der Waals surface area contributed by atoms with Crippen molar-refractivity contribution in [3.05, 3.63) is 28.8 Å². The zero-order valence-corrected chi connectivity index (χ0v) is 14.4. The summed E-state index contributed by atoms with van der Waals surface area (Å²) in [5.41, 5.74) is 1.42. The number of ether oxygens (including phenoxy) is 2. The maximum atomic E-state index is 12.3. The minimum Gasteiger partial charge on any atom is -0.347 e. The minimum atomic E-state index is -0.517. The summed E-state index contributed by atoms with van der Waals surface area (Å²) in [4.78, 5) is 26.1. The molecular formula is C17H21ClN2O4. The second kappa shape index (κ2) is 7.09. The predicted octanol–water partition coefficient (Wildman–Crippen LogP) is 2.34. The van der Waals surface area contributed by atoms with Gasteiger partial charge in [0.25, 0.3) is 0 Å². The Hall–Kier alpha value is -1.63. The van der Waals surface area contributed by atoms with Crippen LogP contribution >= 0.6 is 11.6 Å². The van der Waals surface area contributed by atoms with E-state index in [1.54, 1.807) is 23.1 Å². The Morgan fingerprint density at radius 1 is 1.25 bits per heavy atom. The van der Waals surface area contributed by atoms with Gasteiger partial charge in [-0.25, -0.2) is 0 Å². The fourth-order valence-electron chi connectivity index (χ4n) is 3.07. The summed E-state index contributed by atoms with van der Waals surface area (Å²) in [6.45, 7) is 4.13. The van der Waals surface area contributed by atoms with Crippen LogP contribution in [0.2, 0.25) is 5.02 Å². The average molecular weight is 353 g/mol. The first-order valence-electron chi connectivity index (χ1n) is 8.10. The van der Waals surface area contributed by atoms with Crippen LogP contribution in [0.1, 0.15) is 24.8 Å². The van der Waals surface area contributed by atoms with E-state index in [9.17, 15) is 9.59 Å². The van der Waals surface area contributed by atoms with E-state index in [4.69, 9.17) is 21.1 Å². The van der Waals surface area contributed by atoms with Gasteiger partial charge < -0.3 is 19.7 Å². The predicted molar refractivity (Wildman–Crippen MR) is 89.9 cm³/mol. The number of anilines is 1. The van der Waals surface area contributed by atoms with Crippen LogP contribution in [-0.4, -0.2) is 48.8 Å². The maximum absolute atomic E-state index is 12.3. The van der Waals surface area contributed by atoms with Crippen molar-refractivity contribution >= 4 is 29.1 Å². The van der Waals surface area contributed by atoms with E-state index >= 15 is 0 Å². The molecule has 0 bridgehead atoms. The molecule has 7 heteroatoms. The molecule has 2 aliphatic heterocycles. The van der Waals surface area contributed by atoms with Crippen LogP contribution in [0.3, 0.4) is 0 Å². The topological polar surface area (TPSA) is 67.9 Å². The van der Waals surface area contributed by atoms with E-state index in [1.807, 2.05) is 6.92 Å². The normalized spacial score (nSPS) is 19.5. The van der Waals surface area contributed by atoms with Gasteiger partial charge in [0, 0.05) is 36.6 Å². The molecule has 2 fully saturated rings. The Bertz CT molecular complexity index is 633. The highest BCUT2D eigenvalue weighted by Crippen LogP contribution is 2.31. The van der Waals surface area contributed by atoms with Crippen LogP contribution in [0.15, 0.2) is 18.2 Å². The molecule has 1 aromatic carbocycles. The maximum Gasteiger partial charge on any atom is 0.233 e. The molecule has 2 aliphatic rings. The largest absolute Gasteiger partial charge is 0.347 e. The number of piperidine rings is 1. The highest BCUT2D eigenvalue weighted by molar-refractivity contribution is 6.31. The third-order valence-electron chi connectivity index (χ3n) is 4.55. The summed E-state index contributed by atoms with van der Waals surface area (Å²) in [6.07, 6.45) is 1.11. The number of amides is 2. The number of carbonyl (C=O) groups excluding carboxylic acids is 2. The molecule has 2 heterocycles. The molecule has 1 aromatic rings. The Morgan fingerprint density at radius 3 is 2.58 bits per heavy atom. The van der Waals surface area contributed by atoms with Crippen LogP contribution < -0.4 is 5.32 Å². The van der Waals surface area contributed by atoms with Crippen LogP contribution in [0.25, 0.3) is 0 Å². The Kier molecular flexibility index (Phi) is 5.08. The number of hydrogen-bond acceptors (Lipinski definition) is 4. The van der Waals surface area contributed by atoms with Crippen molar-refractivity contribution in [3.8, 4) is 0 Å². The molecule has 0 atom stereocenters. The second-order valence-electron chi connectivity index (χ2n) is 6.13. The van der Waals surface area contributed by atoms with Gasteiger partial charge in [0.1, 0.15) is 6.42 Å². The molecule has 0 saturated carbocycles. The summed E-state index contributed by atoms with van der Waals surface area (Å²) in [6, 6.07) is 5.29. The van der Waals surface area contributed by atoms with Gasteiger partial charge >= 0.3 is 0 Å². The van der Waals surface area contributed by atoms with E-state index in [-0.39, 0.29) is 18.2 Å². The second-order valence-corrected chi connectivity index (χ2v) is 6.53. The van der Waals surface area contributed by atoms with Crippen molar-refractivity contribution in [1.29, 1.82) is 0 Å². The van der Waals surface area contributed by atoms with Crippen LogP contribution in [0, 0.1) is 6.92 Å². The average Bonchev–Trinajstić information content (AvgIpc) is 3.00. The molecule has 2 amide bonds. The van der Waals surface area contributed by atoms with E-state index in [2.05, 4.69) is 5.32 Å². The van der Waals surface area contributed by atoms with Crippen LogP contribution in [0.4, 0.5) is 5.69 Å². The number of halogens is 1. The zero-order valence-electron chi connectivity index (χ0n) is 13.6. The quantitative estimate of drug-likeness (QED) is 0.848. The molecular weight excluding hydrogens is 332 g/mol. The minimum absolute atomic E-state index is 0.180. The smallest absolute Gasteiger partial charge is 0.233 e. The van der Waals surface area contributed by atoms with Gasteiger partial charge in [0.2, 0.25) is 11.8 Å². The number of nitrogens with one attached hydrogen (secondary N) is 1. The molecule has 1 spiro atoms. The molecule has 0 aliphatic carbocycles. The molecule has 2 saturated heterocycles. The first-order valence-corrected chi connectivity index (χ1v) is 8.48. The van der Waals surface area contributed by atoms with Crippen molar-refractivity contribution in [2.75, 3.05) is 31.6 Å². The van der Waals surface area contributed by atoms with Gasteiger partial charge in [-0.05, 0) is 24.6 Å². The third-order valence-corrected chi connectivity index (χ3v) is 4.95. The van der Waals surface area contributed by atoms with Crippen molar-refractivity contribution in [3.63, 3.8) is 0 Å². The summed E-state index contributed by atoms with van der Waals surface area (Å²) in [5, 5.41) is 3.33. The molecule has 0 aromatic heterocycles. The Labute approximate surface area is 146 Å². The third kappa shape index (κ3) is 3.71. The van der Waals surface area contributed by atoms with Crippen LogP contribution in [-0.2, 0) is 19.1 Å². The van der Waals surface area contributed by atoms with Gasteiger partial charge in [-0.3, -0.25) is 9.59 Å². The van der Waals surface area contributed by atoms with Crippen molar-refractivity contribution in [1.82, 2.24) is 4.90 Å². The lowest BCUT2D eigenvalue weighted by atomic mass is 10.0. The Balaban J connectivity index is 1.51. The number of rotatable bonds is 3. The van der Waals surface area contributed by atoms with E-state index in [0.717, 1.165) is 5.56 Å². The number of carbonyl (C=O) groups is 2. The molecule has 130 valence electrons. The van der Waals surface area contributed by atoms with Gasteiger partial charge in [-0.15, -0.1) is 0 Å². The molecule has 3 rings (SSSR count). The molecule has 6 nitrogen and oxygen atoms in total. The van der Waals surface area contributed by atoms with Crippen molar-refractivity contribution in [2.24, 2.45) is 0 Å². The monoisotopic (exact) mass is 352 g/mol. The molecule has 1 N–H and O–H groups in total. The van der Waals surface area contributed by atoms with E-state index in [0.29, 0.717) is 49.9 Å². The van der Waals surface area contributed by atoms with Crippen molar-refractivity contribution in [2.45, 2.75) is 32.0 Å². The molecule has 0 radical (unpaired) electrons. The summed E-state index contributed by atoms with van der Waals surface area (Å²) < 4.78 is 11.3. The zero-order chi connectivity index (χ0) is 17.2. The highest BCUT2D eigenvalue weighted by Gasteiger charge is 2.40. The van der Waals surface area contributed by atoms with Gasteiger partial charge in [0.05, 0.1) is 13.2 Å². The fourth-order valence-corrected chi connectivity index (χ4v) is 3.24. The standard InChI is InChI=1S/C17H21ClN2O4/c1-12-13(18)3-2-4-14(12)19-15(21)11-16(22)20-7-5-17(6-8-20)23-9-10-24-17/h2-4H,5-11H2,1H3,(H,19,21). The van der Waals surface area contributed by atoms with Gasteiger partial charge in [0.15, 0.2) is 5.79 Å². The molecule has 0 unspecified atom stereocenters. The lowest BCUT2D eigenvalue weighted by Gasteiger charge is -2.37. The molecule has 24 heavy (non-hydrogen) atoms. The fraction of sp³-hybridized carbons (Fsp3) is 0.529. The first-order chi connectivity index (χ1) is 11.5. The summed E-state index contributed by atoms with van der Waals surface area (Å²) in [5.74, 6) is -1.03. The van der Waals surface area contributed by atoms with Gasteiger partial charge in [-0.1, -0.05) is 17.7 Å².